The Morgan fingerprint density at radius 1 is 1.00 bits per heavy atom. The van der Waals surface area contributed by atoms with Crippen LogP contribution in [0.4, 0.5) is 0 Å². The van der Waals surface area contributed by atoms with Gasteiger partial charge >= 0.3 is 0 Å². The van der Waals surface area contributed by atoms with Crippen LogP contribution in [0.25, 0.3) is 0 Å². The van der Waals surface area contributed by atoms with Gasteiger partial charge in [0.15, 0.2) is 0 Å². The Labute approximate surface area is 74.1 Å². The summed E-state index contributed by atoms with van der Waals surface area (Å²) in [5.74, 6) is 0. The second-order valence-corrected chi connectivity index (χ2v) is 3.00. The largest absolute Gasteiger partial charge is 0.261 e. The van der Waals surface area contributed by atoms with Crippen molar-refractivity contribution < 1.29 is 0 Å². The lowest BCUT2D eigenvalue weighted by molar-refractivity contribution is 0.815. The Hall–Kier alpha value is -0.920. The van der Waals surface area contributed by atoms with Crippen LogP contribution in [-0.4, -0.2) is 9.97 Å². The highest BCUT2D eigenvalue weighted by Crippen LogP contribution is 2.01. The Morgan fingerprint density at radius 2 is 1.50 bits per heavy atom. The van der Waals surface area contributed by atoms with Crippen LogP contribution in [0, 0.1) is 0 Å². The first-order valence-electron chi connectivity index (χ1n) is 4.66. The average Bonchev–Trinajstić information content (AvgIpc) is 2.06. The smallest absolute Gasteiger partial charge is 0.0589 e. The molecule has 66 valence electrons. The second-order valence-electron chi connectivity index (χ2n) is 3.00. The van der Waals surface area contributed by atoms with Gasteiger partial charge in [-0.25, -0.2) is 0 Å². The molecule has 0 unspecified atom stereocenters. The molecule has 0 N–H and O–H groups in total. The van der Waals surface area contributed by atoms with Gasteiger partial charge in [-0.1, -0.05) is 26.7 Å². The van der Waals surface area contributed by atoms with E-state index in [9.17, 15) is 0 Å². The van der Waals surface area contributed by atoms with Gasteiger partial charge in [-0.2, -0.15) is 0 Å². The third kappa shape index (κ3) is 2.61. The standard InChI is InChI=1S/C10H16N2/c1-3-5-9-7-11-8-10(12-9)6-4-2/h7-8H,3-6H2,1-2H3. The van der Waals surface area contributed by atoms with Crippen LogP contribution in [0.15, 0.2) is 12.4 Å². The minimum absolute atomic E-state index is 1.05. The number of hydrogen-bond donors (Lipinski definition) is 0. The first-order valence-corrected chi connectivity index (χ1v) is 4.66. The Kier molecular flexibility index (Phi) is 3.71. The van der Waals surface area contributed by atoms with Gasteiger partial charge in [-0.05, 0) is 12.8 Å². The molecule has 0 spiro atoms. The normalized spacial score (nSPS) is 10.2. The van der Waals surface area contributed by atoms with Crippen LogP contribution in [0.2, 0.25) is 0 Å². The molecular formula is C10H16N2. The maximum atomic E-state index is 4.49. The van der Waals surface area contributed by atoms with E-state index in [1.807, 2.05) is 12.4 Å². The highest BCUT2D eigenvalue weighted by atomic mass is 14.8. The van der Waals surface area contributed by atoms with Gasteiger partial charge in [0.25, 0.3) is 0 Å². The van der Waals surface area contributed by atoms with Gasteiger partial charge in [-0.3, -0.25) is 9.97 Å². The van der Waals surface area contributed by atoms with E-state index in [0.717, 1.165) is 37.1 Å². The van der Waals surface area contributed by atoms with E-state index in [-0.39, 0.29) is 0 Å². The van der Waals surface area contributed by atoms with Crippen molar-refractivity contribution in [1.29, 1.82) is 0 Å². The molecule has 12 heavy (non-hydrogen) atoms. The summed E-state index contributed by atoms with van der Waals surface area (Å²) < 4.78 is 0. The molecular weight excluding hydrogens is 148 g/mol. The first-order chi connectivity index (χ1) is 5.86. The predicted molar refractivity (Wildman–Crippen MR) is 50.0 cm³/mol. The number of hydrogen-bond acceptors (Lipinski definition) is 2. The minimum Gasteiger partial charge on any atom is -0.261 e. The fourth-order valence-electron chi connectivity index (χ4n) is 1.20. The van der Waals surface area contributed by atoms with Crippen LogP contribution in [0.3, 0.4) is 0 Å². The molecule has 0 aliphatic rings. The van der Waals surface area contributed by atoms with E-state index < -0.39 is 0 Å². The molecule has 0 aromatic carbocycles. The lowest BCUT2D eigenvalue weighted by Gasteiger charge is -2.00. The van der Waals surface area contributed by atoms with Crippen molar-refractivity contribution in [3.05, 3.63) is 23.8 Å². The van der Waals surface area contributed by atoms with Crippen molar-refractivity contribution >= 4 is 0 Å². The maximum absolute atomic E-state index is 4.49. The molecule has 1 aromatic heterocycles. The van der Waals surface area contributed by atoms with Crippen LogP contribution in [0.5, 0.6) is 0 Å². The zero-order valence-electron chi connectivity index (χ0n) is 7.88. The Bertz CT molecular complexity index is 212. The lowest BCUT2D eigenvalue weighted by atomic mass is 10.2. The van der Waals surface area contributed by atoms with E-state index in [1.165, 1.54) is 0 Å². The molecule has 0 saturated carbocycles. The van der Waals surface area contributed by atoms with Crippen molar-refractivity contribution in [1.82, 2.24) is 9.97 Å². The maximum Gasteiger partial charge on any atom is 0.0589 e. The summed E-state index contributed by atoms with van der Waals surface area (Å²) in [5, 5.41) is 0. The molecule has 0 amide bonds. The van der Waals surface area contributed by atoms with E-state index in [0.29, 0.717) is 0 Å². The van der Waals surface area contributed by atoms with E-state index in [1.54, 1.807) is 0 Å². The van der Waals surface area contributed by atoms with Gasteiger partial charge < -0.3 is 0 Å². The van der Waals surface area contributed by atoms with Gasteiger partial charge in [0.05, 0.1) is 11.4 Å². The molecule has 1 aromatic rings. The molecule has 0 bridgehead atoms. The van der Waals surface area contributed by atoms with E-state index >= 15 is 0 Å². The van der Waals surface area contributed by atoms with Crippen molar-refractivity contribution in [3.8, 4) is 0 Å². The van der Waals surface area contributed by atoms with E-state index in [2.05, 4.69) is 23.8 Å². The zero-order valence-corrected chi connectivity index (χ0v) is 7.88. The first kappa shape index (κ1) is 9.17. The molecule has 1 heterocycles. The number of rotatable bonds is 4. The summed E-state index contributed by atoms with van der Waals surface area (Å²) >= 11 is 0. The van der Waals surface area contributed by atoms with Crippen LogP contribution >= 0.6 is 0 Å². The number of aromatic nitrogens is 2. The van der Waals surface area contributed by atoms with Crippen molar-refractivity contribution in [3.63, 3.8) is 0 Å². The summed E-state index contributed by atoms with van der Waals surface area (Å²) in [5.41, 5.74) is 2.26. The summed E-state index contributed by atoms with van der Waals surface area (Å²) in [7, 11) is 0. The van der Waals surface area contributed by atoms with Crippen molar-refractivity contribution in [2.24, 2.45) is 0 Å². The number of aryl methyl sites for hydroxylation is 2. The summed E-state index contributed by atoms with van der Waals surface area (Å²) in [6.07, 6.45) is 8.11. The predicted octanol–water partition coefficient (Wildman–Crippen LogP) is 2.38. The molecule has 2 nitrogen and oxygen atoms in total. The van der Waals surface area contributed by atoms with Crippen molar-refractivity contribution in [2.75, 3.05) is 0 Å². The second kappa shape index (κ2) is 4.86. The highest BCUT2D eigenvalue weighted by Gasteiger charge is 1.96. The van der Waals surface area contributed by atoms with Gasteiger partial charge in [0.2, 0.25) is 0 Å². The molecule has 0 radical (unpaired) electrons. The highest BCUT2D eigenvalue weighted by molar-refractivity contribution is 5.03. The van der Waals surface area contributed by atoms with Crippen LogP contribution < -0.4 is 0 Å². The molecule has 2 heteroatoms. The lowest BCUT2D eigenvalue weighted by Crippen LogP contribution is -1.96. The van der Waals surface area contributed by atoms with Gasteiger partial charge in [-0.15, -0.1) is 0 Å². The van der Waals surface area contributed by atoms with Crippen LogP contribution in [-0.2, 0) is 12.8 Å². The van der Waals surface area contributed by atoms with Crippen molar-refractivity contribution in [2.45, 2.75) is 39.5 Å². The zero-order chi connectivity index (χ0) is 8.81. The average molecular weight is 164 g/mol. The van der Waals surface area contributed by atoms with Gasteiger partial charge in [0, 0.05) is 12.4 Å². The molecule has 0 fully saturated rings. The summed E-state index contributed by atoms with van der Waals surface area (Å²) in [6, 6.07) is 0. The topological polar surface area (TPSA) is 25.8 Å². The van der Waals surface area contributed by atoms with Crippen LogP contribution in [0.1, 0.15) is 38.1 Å². The molecule has 0 saturated heterocycles. The SMILES string of the molecule is CCCc1cncc(CCC)n1. The minimum atomic E-state index is 1.05. The van der Waals surface area contributed by atoms with E-state index in [4.69, 9.17) is 0 Å². The fraction of sp³-hybridized carbons (Fsp3) is 0.600. The monoisotopic (exact) mass is 164 g/mol. The number of nitrogens with zero attached hydrogens (tertiary/aromatic N) is 2. The molecule has 0 aliphatic carbocycles. The molecule has 1 rings (SSSR count). The third-order valence-corrected chi connectivity index (χ3v) is 1.75. The molecule has 0 aliphatic heterocycles. The summed E-state index contributed by atoms with van der Waals surface area (Å²) in [4.78, 5) is 8.65. The Morgan fingerprint density at radius 3 is 1.92 bits per heavy atom. The quantitative estimate of drug-likeness (QED) is 0.682. The fourth-order valence-corrected chi connectivity index (χ4v) is 1.20. The van der Waals surface area contributed by atoms with Gasteiger partial charge in [0.1, 0.15) is 0 Å². The molecule has 0 atom stereocenters. The summed E-state index contributed by atoms with van der Waals surface area (Å²) in [6.45, 7) is 4.32. The third-order valence-electron chi connectivity index (χ3n) is 1.75. The Balaban J connectivity index is 2.67.